The predicted molar refractivity (Wildman–Crippen MR) is 79.8 cm³/mol. The van der Waals surface area contributed by atoms with E-state index in [1.807, 2.05) is 26.0 Å². The van der Waals surface area contributed by atoms with Crippen LogP contribution in [0.3, 0.4) is 0 Å². The number of benzene rings is 1. The second-order valence-corrected chi connectivity index (χ2v) is 6.09. The van der Waals surface area contributed by atoms with Crippen LogP contribution >= 0.6 is 15.9 Å². The molecule has 0 aromatic heterocycles. The van der Waals surface area contributed by atoms with Crippen molar-refractivity contribution in [3.05, 3.63) is 33.8 Å². The van der Waals surface area contributed by atoms with E-state index in [0.29, 0.717) is 29.4 Å². The van der Waals surface area contributed by atoms with Crippen LogP contribution in [0.4, 0.5) is 0 Å². The summed E-state index contributed by atoms with van der Waals surface area (Å²) in [5.74, 6) is -1.11. The summed E-state index contributed by atoms with van der Waals surface area (Å²) in [7, 11) is 0. The third kappa shape index (κ3) is 2.35. The first-order valence-corrected chi connectivity index (χ1v) is 7.53. The largest absolute Gasteiger partial charge is 0.479 e. The lowest BCUT2D eigenvalue weighted by molar-refractivity contribution is -0.148. The van der Waals surface area contributed by atoms with Gasteiger partial charge in [0.05, 0.1) is 5.56 Å². The van der Waals surface area contributed by atoms with E-state index in [0.717, 1.165) is 12.0 Å². The first-order chi connectivity index (χ1) is 9.42. The van der Waals surface area contributed by atoms with E-state index in [-0.39, 0.29) is 5.91 Å². The number of hydrogen-bond donors (Lipinski definition) is 1. The highest BCUT2D eigenvalue weighted by Gasteiger charge is 2.48. The van der Waals surface area contributed by atoms with Gasteiger partial charge in [0.25, 0.3) is 5.91 Å². The van der Waals surface area contributed by atoms with Gasteiger partial charge in [-0.1, -0.05) is 18.6 Å². The van der Waals surface area contributed by atoms with Crippen LogP contribution in [0.1, 0.15) is 42.1 Å². The third-order valence-electron chi connectivity index (χ3n) is 4.07. The number of carbonyl (C=O) groups excluding carboxylic acids is 1. The molecule has 5 heteroatoms. The smallest absolute Gasteiger partial charge is 0.329 e. The van der Waals surface area contributed by atoms with Crippen LogP contribution in [0.2, 0.25) is 0 Å². The Kier molecular flexibility index (Phi) is 4.18. The number of halogens is 1. The molecule has 1 aromatic carbocycles. The molecule has 1 N–H and O–H groups in total. The van der Waals surface area contributed by atoms with Gasteiger partial charge < -0.3 is 10.0 Å². The van der Waals surface area contributed by atoms with Gasteiger partial charge in [-0.3, -0.25) is 4.79 Å². The van der Waals surface area contributed by atoms with Crippen LogP contribution in [0.15, 0.2) is 22.7 Å². The van der Waals surface area contributed by atoms with E-state index in [9.17, 15) is 14.7 Å². The molecular formula is C15H18BrNO3. The summed E-state index contributed by atoms with van der Waals surface area (Å²) in [6.07, 6.45) is 1.68. The fraction of sp³-hybridized carbons (Fsp3) is 0.467. The lowest BCUT2D eigenvalue weighted by atomic mass is 9.92. The van der Waals surface area contributed by atoms with Crippen LogP contribution in [0, 0.1) is 6.92 Å². The number of aryl methyl sites for hydroxylation is 1. The predicted octanol–water partition coefficient (Wildman–Crippen LogP) is 3.23. The van der Waals surface area contributed by atoms with E-state index >= 15 is 0 Å². The lowest BCUT2D eigenvalue weighted by Gasteiger charge is -2.34. The van der Waals surface area contributed by atoms with Crippen molar-refractivity contribution in [1.29, 1.82) is 0 Å². The van der Waals surface area contributed by atoms with Crippen molar-refractivity contribution >= 4 is 27.8 Å². The summed E-state index contributed by atoms with van der Waals surface area (Å²) in [5.41, 5.74) is 0.458. The molecule has 0 bridgehead atoms. The molecule has 1 aliphatic rings. The number of carbonyl (C=O) groups is 2. The zero-order valence-electron chi connectivity index (χ0n) is 11.6. The zero-order chi connectivity index (χ0) is 14.9. The molecule has 4 nitrogen and oxygen atoms in total. The fourth-order valence-corrected chi connectivity index (χ4v) is 3.28. The Morgan fingerprint density at radius 1 is 1.45 bits per heavy atom. The SMILES string of the molecule is CCC1(C(=O)O)CCCN1C(=O)c1cc(C)ccc1Br. The molecule has 1 atom stereocenters. The van der Waals surface area contributed by atoms with Gasteiger partial charge >= 0.3 is 5.97 Å². The molecule has 0 radical (unpaired) electrons. The zero-order valence-corrected chi connectivity index (χ0v) is 13.2. The third-order valence-corrected chi connectivity index (χ3v) is 4.76. The summed E-state index contributed by atoms with van der Waals surface area (Å²) >= 11 is 3.38. The maximum atomic E-state index is 12.7. The molecule has 20 heavy (non-hydrogen) atoms. The molecule has 1 amide bonds. The van der Waals surface area contributed by atoms with E-state index in [2.05, 4.69) is 15.9 Å². The Morgan fingerprint density at radius 3 is 2.75 bits per heavy atom. The highest BCUT2D eigenvalue weighted by Crippen LogP contribution is 2.35. The number of carboxylic acids is 1. The number of hydrogen-bond acceptors (Lipinski definition) is 2. The maximum absolute atomic E-state index is 12.7. The molecule has 1 unspecified atom stereocenters. The second kappa shape index (κ2) is 5.56. The van der Waals surface area contributed by atoms with Gasteiger partial charge in [0.15, 0.2) is 0 Å². The van der Waals surface area contributed by atoms with Gasteiger partial charge in [0.1, 0.15) is 5.54 Å². The van der Waals surface area contributed by atoms with Crippen molar-refractivity contribution in [3.63, 3.8) is 0 Å². The highest BCUT2D eigenvalue weighted by molar-refractivity contribution is 9.10. The summed E-state index contributed by atoms with van der Waals surface area (Å²) < 4.78 is 0.704. The van der Waals surface area contributed by atoms with Crippen molar-refractivity contribution < 1.29 is 14.7 Å². The minimum atomic E-state index is -1.06. The maximum Gasteiger partial charge on any atom is 0.329 e. The summed E-state index contributed by atoms with van der Waals surface area (Å²) in [5, 5.41) is 9.55. The minimum Gasteiger partial charge on any atom is -0.479 e. The van der Waals surface area contributed by atoms with Crippen LogP contribution < -0.4 is 0 Å². The van der Waals surface area contributed by atoms with E-state index in [1.165, 1.54) is 4.90 Å². The van der Waals surface area contributed by atoms with Crippen molar-refractivity contribution in [3.8, 4) is 0 Å². The van der Waals surface area contributed by atoms with Gasteiger partial charge in [-0.15, -0.1) is 0 Å². The molecule has 0 saturated carbocycles. The normalized spacial score (nSPS) is 22.1. The average molecular weight is 340 g/mol. The summed E-state index contributed by atoms with van der Waals surface area (Å²) in [6.45, 7) is 4.24. The Labute approximate surface area is 126 Å². The van der Waals surface area contributed by atoms with Gasteiger partial charge in [-0.2, -0.15) is 0 Å². The Hall–Kier alpha value is -1.36. The molecule has 1 fully saturated rings. The first-order valence-electron chi connectivity index (χ1n) is 6.74. The van der Waals surface area contributed by atoms with Gasteiger partial charge in [0.2, 0.25) is 0 Å². The average Bonchev–Trinajstić information content (AvgIpc) is 2.85. The van der Waals surface area contributed by atoms with Gasteiger partial charge in [0, 0.05) is 11.0 Å². The molecule has 0 spiro atoms. The number of carboxylic acid groups (broad SMARTS) is 1. The number of nitrogens with zero attached hydrogens (tertiary/aromatic N) is 1. The lowest BCUT2D eigenvalue weighted by Crippen LogP contribution is -2.52. The molecule has 108 valence electrons. The standard InChI is InChI=1S/C15H18BrNO3/c1-3-15(14(19)20)7-4-8-17(15)13(18)11-9-10(2)5-6-12(11)16/h5-6,9H,3-4,7-8H2,1-2H3,(H,19,20). The Balaban J connectivity index is 2.42. The van der Waals surface area contributed by atoms with Crippen molar-refractivity contribution in [2.45, 2.75) is 38.6 Å². The highest BCUT2D eigenvalue weighted by atomic mass is 79.9. The quantitative estimate of drug-likeness (QED) is 0.919. The Bertz CT molecular complexity index is 558. The molecule has 2 rings (SSSR count). The van der Waals surface area contributed by atoms with Crippen molar-refractivity contribution in [1.82, 2.24) is 4.90 Å². The van der Waals surface area contributed by atoms with Crippen LogP contribution in [0.25, 0.3) is 0 Å². The summed E-state index contributed by atoms with van der Waals surface area (Å²) in [4.78, 5) is 25.9. The molecule has 0 aliphatic carbocycles. The van der Waals surface area contributed by atoms with E-state index in [1.54, 1.807) is 6.07 Å². The number of likely N-dealkylation sites (tertiary alicyclic amines) is 1. The second-order valence-electron chi connectivity index (χ2n) is 5.23. The number of aliphatic carboxylic acids is 1. The van der Waals surface area contributed by atoms with E-state index < -0.39 is 11.5 Å². The summed E-state index contributed by atoms with van der Waals surface area (Å²) in [6, 6.07) is 5.54. The molecular weight excluding hydrogens is 322 g/mol. The van der Waals surface area contributed by atoms with Gasteiger partial charge in [-0.05, 0) is 54.2 Å². The number of rotatable bonds is 3. The molecule has 1 aromatic rings. The Morgan fingerprint density at radius 2 is 2.15 bits per heavy atom. The first kappa shape index (κ1) is 15.0. The molecule has 1 heterocycles. The molecule has 1 aliphatic heterocycles. The minimum absolute atomic E-state index is 0.206. The fourth-order valence-electron chi connectivity index (χ4n) is 2.86. The van der Waals surface area contributed by atoms with Crippen molar-refractivity contribution in [2.75, 3.05) is 6.54 Å². The van der Waals surface area contributed by atoms with E-state index in [4.69, 9.17) is 0 Å². The van der Waals surface area contributed by atoms with Gasteiger partial charge in [-0.25, -0.2) is 4.79 Å². The van der Waals surface area contributed by atoms with Crippen molar-refractivity contribution in [2.24, 2.45) is 0 Å². The van der Waals surface area contributed by atoms with Crippen LogP contribution in [-0.4, -0.2) is 34.0 Å². The van der Waals surface area contributed by atoms with Crippen LogP contribution in [-0.2, 0) is 4.79 Å². The van der Waals surface area contributed by atoms with Crippen LogP contribution in [0.5, 0.6) is 0 Å². The monoisotopic (exact) mass is 339 g/mol. The topological polar surface area (TPSA) is 57.6 Å². The number of amides is 1. The molecule has 1 saturated heterocycles.